The molecule has 0 aliphatic rings. The molecule has 29 heavy (non-hydrogen) atoms. The highest BCUT2D eigenvalue weighted by atomic mass is 16.5. The van der Waals surface area contributed by atoms with E-state index in [1.165, 1.54) is 0 Å². The Hall–Kier alpha value is -3.93. The third-order valence-electron chi connectivity index (χ3n) is 4.45. The van der Waals surface area contributed by atoms with Crippen molar-refractivity contribution in [2.24, 2.45) is 0 Å². The monoisotopic (exact) mass is 385 g/mol. The van der Waals surface area contributed by atoms with Crippen molar-refractivity contribution in [3.05, 3.63) is 102 Å². The molecule has 1 N–H and O–H groups in total. The molecule has 144 valence electrons. The van der Waals surface area contributed by atoms with E-state index in [0.717, 1.165) is 11.1 Å². The van der Waals surface area contributed by atoms with Crippen LogP contribution < -0.4 is 10.1 Å². The average Bonchev–Trinajstić information content (AvgIpc) is 3.28. The van der Waals surface area contributed by atoms with Crippen molar-refractivity contribution in [1.82, 2.24) is 15.5 Å². The van der Waals surface area contributed by atoms with Gasteiger partial charge in [0.05, 0.1) is 7.11 Å². The van der Waals surface area contributed by atoms with E-state index in [-0.39, 0.29) is 5.91 Å². The van der Waals surface area contributed by atoms with Crippen molar-refractivity contribution >= 4 is 5.91 Å². The number of nitrogens with one attached hydrogen (secondary N) is 1. The number of rotatable bonds is 6. The predicted molar refractivity (Wildman–Crippen MR) is 108 cm³/mol. The molecule has 1 amide bonds. The summed E-state index contributed by atoms with van der Waals surface area (Å²) in [5, 5.41) is 11.3. The number of nitrogens with zero attached hydrogens (tertiary/aromatic N) is 2. The molecule has 4 rings (SSSR count). The Morgan fingerprint density at radius 1 is 0.931 bits per heavy atom. The first-order valence-corrected chi connectivity index (χ1v) is 9.13. The predicted octanol–water partition coefficient (Wildman–Crippen LogP) is 4.26. The second kappa shape index (κ2) is 8.39. The average molecular weight is 385 g/mol. The topological polar surface area (TPSA) is 77.2 Å². The first kappa shape index (κ1) is 18.4. The third-order valence-corrected chi connectivity index (χ3v) is 4.45. The van der Waals surface area contributed by atoms with Gasteiger partial charge in [0, 0.05) is 11.1 Å². The highest BCUT2D eigenvalue weighted by Crippen LogP contribution is 2.25. The van der Waals surface area contributed by atoms with Gasteiger partial charge in [-0.3, -0.25) is 4.79 Å². The maximum absolute atomic E-state index is 12.9. The minimum atomic E-state index is -0.583. The normalized spacial score (nSPS) is 11.6. The molecule has 6 heteroatoms. The lowest BCUT2D eigenvalue weighted by Crippen LogP contribution is -2.29. The van der Waals surface area contributed by atoms with Crippen molar-refractivity contribution < 1.29 is 13.9 Å². The molecule has 0 saturated carbocycles. The van der Waals surface area contributed by atoms with Crippen LogP contribution in [0.2, 0.25) is 0 Å². The van der Waals surface area contributed by atoms with Crippen LogP contribution in [0.4, 0.5) is 0 Å². The number of hydrogen-bond donors (Lipinski definition) is 1. The largest absolute Gasteiger partial charge is 0.497 e. The Balaban J connectivity index is 1.66. The minimum Gasteiger partial charge on any atom is -0.497 e. The summed E-state index contributed by atoms with van der Waals surface area (Å²) in [5.74, 6) is 1.05. The smallest absolute Gasteiger partial charge is 0.252 e. The van der Waals surface area contributed by atoms with Crippen LogP contribution in [0, 0.1) is 0 Å². The Morgan fingerprint density at radius 3 is 2.38 bits per heavy atom. The minimum absolute atomic E-state index is 0.266. The molecular weight excluding hydrogens is 366 g/mol. The molecule has 1 atom stereocenters. The molecule has 1 aromatic heterocycles. The lowest BCUT2D eigenvalue weighted by molar-refractivity contribution is 0.0937. The van der Waals surface area contributed by atoms with Gasteiger partial charge in [-0.2, -0.15) is 0 Å². The van der Waals surface area contributed by atoms with E-state index in [0.29, 0.717) is 23.1 Å². The fourth-order valence-electron chi connectivity index (χ4n) is 2.96. The quantitative estimate of drug-likeness (QED) is 0.536. The molecule has 0 unspecified atom stereocenters. The number of hydrogen-bond acceptors (Lipinski definition) is 5. The summed E-state index contributed by atoms with van der Waals surface area (Å²) in [6.45, 7) is 0. The van der Waals surface area contributed by atoms with Crippen molar-refractivity contribution in [1.29, 1.82) is 0 Å². The molecule has 0 saturated heterocycles. The van der Waals surface area contributed by atoms with Crippen LogP contribution in [0.5, 0.6) is 5.75 Å². The van der Waals surface area contributed by atoms with Crippen LogP contribution in [-0.4, -0.2) is 23.2 Å². The first-order valence-electron chi connectivity index (χ1n) is 9.13. The summed E-state index contributed by atoms with van der Waals surface area (Å²) in [6, 6.07) is 25.4. The Morgan fingerprint density at radius 2 is 1.66 bits per heavy atom. The van der Waals surface area contributed by atoms with Crippen LogP contribution in [-0.2, 0) is 0 Å². The lowest BCUT2D eigenvalue weighted by atomic mass is 10.1. The maximum Gasteiger partial charge on any atom is 0.252 e. The van der Waals surface area contributed by atoms with Crippen LogP contribution in [0.25, 0.3) is 11.5 Å². The molecular formula is C23H19N3O3. The molecule has 3 aromatic carbocycles. The van der Waals surface area contributed by atoms with Crippen molar-refractivity contribution in [2.75, 3.05) is 7.11 Å². The molecule has 1 heterocycles. The Labute approximate surface area is 168 Å². The van der Waals surface area contributed by atoms with E-state index in [1.54, 1.807) is 31.4 Å². The second-order valence-electron chi connectivity index (χ2n) is 6.36. The van der Waals surface area contributed by atoms with Crippen molar-refractivity contribution in [3.63, 3.8) is 0 Å². The SMILES string of the molecule is COc1cccc(C(=O)N[C@@H](c2ccccc2)c2nnc(-c3ccccc3)o2)c1. The summed E-state index contributed by atoms with van der Waals surface area (Å²) in [6.07, 6.45) is 0. The van der Waals surface area contributed by atoms with Gasteiger partial charge in [-0.15, -0.1) is 10.2 Å². The van der Waals surface area contributed by atoms with Gasteiger partial charge < -0.3 is 14.5 Å². The number of methoxy groups -OCH3 is 1. The highest BCUT2D eigenvalue weighted by Gasteiger charge is 2.24. The number of ether oxygens (including phenoxy) is 1. The van der Waals surface area contributed by atoms with Gasteiger partial charge in [-0.05, 0) is 35.9 Å². The van der Waals surface area contributed by atoms with E-state index in [2.05, 4.69) is 15.5 Å². The molecule has 0 fully saturated rings. The second-order valence-corrected chi connectivity index (χ2v) is 6.36. The summed E-state index contributed by atoms with van der Waals surface area (Å²) in [5.41, 5.74) is 2.14. The molecule has 0 aliphatic heterocycles. The summed E-state index contributed by atoms with van der Waals surface area (Å²) < 4.78 is 11.1. The van der Waals surface area contributed by atoms with Crippen molar-refractivity contribution in [3.8, 4) is 17.2 Å². The first-order chi connectivity index (χ1) is 14.2. The van der Waals surface area contributed by atoms with E-state index >= 15 is 0 Å². The van der Waals surface area contributed by atoms with E-state index in [4.69, 9.17) is 9.15 Å². The fraction of sp³-hybridized carbons (Fsp3) is 0.0870. The molecule has 0 radical (unpaired) electrons. The third kappa shape index (κ3) is 4.16. The Bertz CT molecular complexity index is 1090. The lowest BCUT2D eigenvalue weighted by Gasteiger charge is -2.16. The standard InChI is InChI=1S/C23H19N3O3/c1-28-19-14-8-13-18(15-19)21(27)24-20(16-9-4-2-5-10-16)23-26-25-22(29-23)17-11-6-3-7-12-17/h2-15,20H,1H3,(H,24,27)/t20-/m0/s1. The van der Waals surface area contributed by atoms with Crippen LogP contribution >= 0.6 is 0 Å². The van der Waals surface area contributed by atoms with Gasteiger partial charge in [-0.1, -0.05) is 54.6 Å². The van der Waals surface area contributed by atoms with Gasteiger partial charge in [0.2, 0.25) is 11.8 Å². The summed E-state index contributed by atoms with van der Waals surface area (Å²) >= 11 is 0. The molecule has 0 spiro atoms. The molecule has 0 bridgehead atoms. The van der Waals surface area contributed by atoms with E-state index < -0.39 is 6.04 Å². The summed E-state index contributed by atoms with van der Waals surface area (Å²) in [7, 11) is 1.56. The van der Waals surface area contributed by atoms with Gasteiger partial charge in [0.15, 0.2) is 0 Å². The molecule has 4 aromatic rings. The van der Waals surface area contributed by atoms with Gasteiger partial charge in [0.25, 0.3) is 5.91 Å². The molecule has 0 aliphatic carbocycles. The number of carbonyl (C=O) groups excluding carboxylic acids is 1. The fourth-order valence-corrected chi connectivity index (χ4v) is 2.96. The van der Waals surface area contributed by atoms with E-state index in [1.807, 2.05) is 60.7 Å². The van der Waals surface area contributed by atoms with Crippen molar-refractivity contribution in [2.45, 2.75) is 6.04 Å². The van der Waals surface area contributed by atoms with Crippen LogP contribution in [0.15, 0.2) is 89.3 Å². The number of amides is 1. The van der Waals surface area contributed by atoms with Gasteiger partial charge in [-0.25, -0.2) is 0 Å². The highest BCUT2D eigenvalue weighted by molar-refractivity contribution is 5.95. The zero-order chi connectivity index (χ0) is 20.1. The molecule has 6 nitrogen and oxygen atoms in total. The van der Waals surface area contributed by atoms with Crippen LogP contribution in [0.1, 0.15) is 27.9 Å². The number of benzene rings is 3. The number of aromatic nitrogens is 2. The van der Waals surface area contributed by atoms with Crippen LogP contribution in [0.3, 0.4) is 0 Å². The summed E-state index contributed by atoms with van der Waals surface area (Å²) in [4.78, 5) is 12.9. The van der Waals surface area contributed by atoms with E-state index in [9.17, 15) is 4.79 Å². The Kier molecular flexibility index (Phi) is 5.33. The zero-order valence-electron chi connectivity index (χ0n) is 15.8. The maximum atomic E-state index is 12.9. The van der Waals surface area contributed by atoms with Gasteiger partial charge >= 0.3 is 0 Å². The van der Waals surface area contributed by atoms with Gasteiger partial charge in [0.1, 0.15) is 11.8 Å². The zero-order valence-corrected chi connectivity index (χ0v) is 15.8. The number of carbonyl (C=O) groups is 1.